The summed E-state index contributed by atoms with van der Waals surface area (Å²) in [7, 11) is 2.99. The van der Waals surface area contributed by atoms with Crippen LogP contribution in [0.1, 0.15) is 50.2 Å². The number of methoxy groups -OCH3 is 2. The van der Waals surface area contributed by atoms with Crippen LogP contribution in [0.5, 0.6) is 23.0 Å². The minimum Gasteiger partial charge on any atom is -0.497 e. The van der Waals surface area contributed by atoms with Crippen molar-refractivity contribution in [1.29, 1.82) is 0 Å². The third kappa shape index (κ3) is 9.04. The molecule has 40 heavy (non-hydrogen) atoms. The van der Waals surface area contributed by atoms with E-state index in [-0.39, 0.29) is 25.2 Å². The average Bonchev–Trinajstić information content (AvgIpc) is 2.92. The number of nitrogens with one attached hydrogen (secondary N) is 2. The molecule has 9 nitrogen and oxygen atoms in total. The van der Waals surface area contributed by atoms with Crippen LogP contribution < -0.4 is 24.8 Å². The first-order valence-electron chi connectivity index (χ1n) is 13.0. The number of benzene rings is 3. The zero-order valence-corrected chi connectivity index (χ0v) is 23.5. The third-order valence-electron chi connectivity index (χ3n) is 5.99. The molecule has 0 atom stereocenters. The fourth-order valence-electron chi connectivity index (χ4n) is 3.87. The summed E-state index contributed by atoms with van der Waals surface area (Å²) in [5, 5.41) is 5.44. The number of anilines is 2. The lowest BCUT2D eigenvalue weighted by molar-refractivity contribution is -0.147. The molecule has 0 saturated carbocycles. The number of esters is 1. The van der Waals surface area contributed by atoms with Crippen LogP contribution in [-0.4, -0.2) is 38.6 Å². The summed E-state index contributed by atoms with van der Waals surface area (Å²) in [5.41, 5.74) is 3.26. The Balaban J connectivity index is 1.39. The molecule has 9 heteroatoms. The van der Waals surface area contributed by atoms with Crippen LogP contribution in [0.2, 0.25) is 0 Å². The molecule has 0 bridgehead atoms. The second-order valence-electron chi connectivity index (χ2n) is 9.50. The average molecular weight is 549 g/mol. The van der Waals surface area contributed by atoms with Crippen LogP contribution in [0.15, 0.2) is 60.7 Å². The topological polar surface area (TPSA) is 112 Å². The highest BCUT2D eigenvalue weighted by Gasteiger charge is 2.13. The van der Waals surface area contributed by atoms with E-state index in [0.717, 1.165) is 16.9 Å². The van der Waals surface area contributed by atoms with Crippen molar-refractivity contribution in [2.45, 2.75) is 46.0 Å². The number of rotatable bonds is 13. The quantitative estimate of drug-likeness (QED) is 0.244. The van der Waals surface area contributed by atoms with E-state index in [4.69, 9.17) is 18.9 Å². The van der Waals surface area contributed by atoms with Gasteiger partial charge >= 0.3 is 5.97 Å². The van der Waals surface area contributed by atoms with Crippen LogP contribution in [0.3, 0.4) is 0 Å². The van der Waals surface area contributed by atoms with Crippen LogP contribution >= 0.6 is 0 Å². The molecule has 0 fully saturated rings. The van der Waals surface area contributed by atoms with Gasteiger partial charge in [-0.3, -0.25) is 14.4 Å². The molecule has 3 aromatic carbocycles. The Hall–Kier alpha value is -4.53. The Kier molecular flexibility index (Phi) is 10.9. The zero-order valence-electron chi connectivity index (χ0n) is 23.5. The van der Waals surface area contributed by atoms with Crippen molar-refractivity contribution in [3.05, 3.63) is 71.8 Å². The summed E-state index contributed by atoms with van der Waals surface area (Å²) in [6.45, 7) is 5.80. The lowest BCUT2D eigenvalue weighted by Gasteiger charge is -2.15. The maximum absolute atomic E-state index is 12.3. The second-order valence-corrected chi connectivity index (χ2v) is 9.50. The fourth-order valence-corrected chi connectivity index (χ4v) is 3.87. The van der Waals surface area contributed by atoms with Crippen molar-refractivity contribution < 1.29 is 33.3 Å². The standard InChI is InChI=1S/C31H36N2O7/c1-20(2)25-15-9-21(3)17-28(25)40-23-12-10-22(11-13-23)32-29(34)7-6-8-31(36)39-19-30(35)33-26-18-24(37-4)14-16-27(26)38-5/h9-18,20H,6-8,19H2,1-5H3,(H,32,34)(H,33,35). The first-order chi connectivity index (χ1) is 19.2. The minimum absolute atomic E-state index is 0.00460. The van der Waals surface area contributed by atoms with E-state index in [0.29, 0.717) is 34.5 Å². The lowest BCUT2D eigenvalue weighted by atomic mass is 10.0. The van der Waals surface area contributed by atoms with Gasteiger partial charge in [-0.2, -0.15) is 0 Å². The molecule has 3 aromatic rings. The van der Waals surface area contributed by atoms with E-state index in [1.54, 1.807) is 42.5 Å². The smallest absolute Gasteiger partial charge is 0.306 e. The van der Waals surface area contributed by atoms with Gasteiger partial charge in [-0.25, -0.2) is 0 Å². The molecule has 0 aliphatic rings. The van der Waals surface area contributed by atoms with E-state index in [9.17, 15) is 14.4 Å². The van der Waals surface area contributed by atoms with Crippen molar-refractivity contribution in [3.63, 3.8) is 0 Å². The van der Waals surface area contributed by atoms with E-state index < -0.39 is 18.5 Å². The van der Waals surface area contributed by atoms with Crippen molar-refractivity contribution in [2.24, 2.45) is 0 Å². The van der Waals surface area contributed by atoms with Gasteiger partial charge in [0, 0.05) is 24.6 Å². The summed E-state index contributed by atoms with van der Waals surface area (Å²) in [6.07, 6.45) is 0.411. The Bertz CT molecular complexity index is 1320. The molecule has 0 aliphatic carbocycles. The van der Waals surface area contributed by atoms with Gasteiger partial charge < -0.3 is 29.6 Å². The first-order valence-corrected chi connectivity index (χ1v) is 13.0. The summed E-state index contributed by atoms with van der Waals surface area (Å²) < 4.78 is 21.5. The van der Waals surface area contributed by atoms with E-state index in [2.05, 4.69) is 36.6 Å². The summed E-state index contributed by atoms with van der Waals surface area (Å²) in [4.78, 5) is 36.6. The van der Waals surface area contributed by atoms with Crippen LogP contribution in [-0.2, 0) is 19.1 Å². The number of hydrogen-bond acceptors (Lipinski definition) is 7. The fraction of sp³-hybridized carbons (Fsp3) is 0.323. The molecule has 212 valence electrons. The Morgan fingerprint density at radius 1 is 0.775 bits per heavy atom. The zero-order chi connectivity index (χ0) is 29.1. The lowest BCUT2D eigenvalue weighted by Crippen LogP contribution is -2.21. The predicted octanol–water partition coefficient (Wildman–Crippen LogP) is 6.22. The summed E-state index contributed by atoms with van der Waals surface area (Å²) in [5.74, 6) is 1.47. The van der Waals surface area contributed by atoms with E-state index in [1.807, 2.05) is 13.0 Å². The third-order valence-corrected chi connectivity index (χ3v) is 5.99. The molecule has 0 spiro atoms. The SMILES string of the molecule is COc1ccc(OC)c(NC(=O)COC(=O)CCCC(=O)Nc2ccc(Oc3cc(C)ccc3C(C)C)cc2)c1. The van der Waals surface area contributed by atoms with Crippen LogP contribution in [0.4, 0.5) is 11.4 Å². The van der Waals surface area contributed by atoms with Crippen LogP contribution in [0, 0.1) is 6.92 Å². The van der Waals surface area contributed by atoms with Gasteiger partial charge in [-0.15, -0.1) is 0 Å². The molecule has 0 heterocycles. The Morgan fingerprint density at radius 2 is 1.50 bits per heavy atom. The van der Waals surface area contributed by atoms with Gasteiger partial charge in [0.15, 0.2) is 6.61 Å². The molecule has 0 aromatic heterocycles. The molecular formula is C31H36N2O7. The maximum Gasteiger partial charge on any atom is 0.306 e. The predicted molar refractivity (Wildman–Crippen MR) is 153 cm³/mol. The summed E-state index contributed by atoms with van der Waals surface area (Å²) in [6, 6.07) is 18.2. The van der Waals surface area contributed by atoms with Gasteiger partial charge in [0.1, 0.15) is 23.0 Å². The van der Waals surface area contributed by atoms with Gasteiger partial charge in [-0.05, 0) is 72.9 Å². The van der Waals surface area contributed by atoms with Gasteiger partial charge in [-0.1, -0.05) is 26.0 Å². The molecule has 0 radical (unpaired) electrons. The molecule has 2 amide bonds. The Labute approximate surface area is 234 Å². The molecule has 0 unspecified atom stereocenters. The van der Waals surface area contributed by atoms with Crippen LogP contribution in [0.25, 0.3) is 0 Å². The number of hydrogen-bond donors (Lipinski definition) is 2. The molecule has 0 aliphatic heterocycles. The number of aryl methyl sites for hydroxylation is 1. The highest BCUT2D eigenvalue weighted by Crippen LogP contribution is 2.32. The molecule has 2 N–H and O–H groups in total. The number of ether oxygens (including phenoxy) is 4. The second kappa shape index (κ2) is 14.6. The molecular weight excluding hydrogens is 512 g/mol. The van der Waals surface area contributed by atoms with Crippen molar-refractivity contribution in [2.75, 3.05) is 31.5 Å². The van der Waals surface area contributed by atoms with Gasteiger partial charge in [0.05, 0.1) is 19.9 Å². The first kappa shape index (κ1) is 30.0. The van der Waals surface area contributed by atoms with E-state index in [1.165, 1.54) is 14.2 Å². The monoisotopic (exact) mass is 548 g/mol. The Morgan fingerprint density at radius 3 is 2.17 bits per heavy atom. The maximum atomic E-state index is 12.3. The van der Waals surface area contributed by atoms with Crippen molar-refractivity contribution in [1.82, 2.24) is 0 Å². The van der Waals surface area contributed by atoms with E-state index >= 15 is 0 Å². The number of amides is 2. The molecule has 0 saturated heterocycles. The normalized spacial score (nSPS) is 10.6. The van der Waals surface area contributed by atoms with Crippen molar-refractivity contribution in [3.8, 4) is 23.0 Å². The van der Waals surface area contributed by atoms with Crippen molar-refractivity contribution >= 4 is 29.2 Å². The highest BCUT2D eigenvalue weighted by molar-refractivity contribution is 5.94. The largest absolute Gasteiger partial charge is 0.497 e. The highest BCUT2D eigenvalue weighted by atomic mass is 16.5. The van der Waals surface area contributed by atoms with Gasteiger partial charge in [0.25, 0.3) is 5.91 Å². The number of carbonyl (C=O) groups excluding carboxylic acids is 3. The number of carbonyl (C=O) groups is 3. The van der Waals surface area contributed by atoms with Gasteiger partial charge in [0.2, 0.25) is 5.91 Å². The molecule has 3 rings (SSSR count). The summed E-state index contributed by atoms with van der Waals surface area (Å²) >= 11 is 0. The minimum atomic E-state index is -0.570.